The van der Waals surface area contributed by atoms with E-state index in [0.29, 0.717) is 88.3 Å². The highest BCUT2D eigenvalue weighted by Crippen LogP contribution is 2.58. The molecule has 10 aromatic heterocycles. The molecule has 10 atom stereocenters. The van der Waals surface area contributed by atoms with Gasteiger partial charge in [-0.1, -0.05) is 161 Å². The van der Waals surface area contributed by atoms with Gasteiger partial charge in [-0.3, -0.25) is 15.0 Å². The van der Waals surface area contributed by atoms with Crippen molar-refractivity contribution in [3.8, 4) is 0 Å². The zero-order valence-corrected chi connectivity index (χ0v) is 89.9. The van der Waals surface area contributed by atoms with Crippen LogP contribution < -0.4 is 64.6 Å². The highest BCUT2D eigenvalue weighted by molar-refractivity contribution is 8.00. The summed E-state index contributed by atoms with van der Waals surface area (Å²) in [5, 5.41) is 3.27. The molecule has 0 amide bonds. The van der Waals surface area contributed by atoms with Crippen LogP contribution in [-0.2, 0) is 18.5 Å². The second-order valence-corrected chi connectivity index (χ2v) is 48.5. The van der Waals surface area contributed by atoms with Crippen molar-refractivity contribution in [3.05, 3.63) is 148 Å². The number of rotatable bonds is 15. The Hall–Kier alpha value is -8.65. The SMILES string of the molecule is CC1C[C@@H](C)C2(CCN(c3cnc(Sc4cccnc4C(F)(F)F)c(N)n3)CC2)C1.C[C@@H]1C[C@@H](C)C2(CCN(c3cnc(Sc4cccnc4C(F)(F)F)c(N)n3)CC2)C1.C[C@@H]1C[C@@H](N)C2(CCN(c3cnc(Sc4ccnc(Cl)c4Cl)c(N)n3)CC2)C1.C[C@H]1C[C@@H](C)C2(CCN(c3cnc(Sc4cccnc4C(F)(F)F)c(N)n3)CC2)C1.C[C@H]1C[C@@H](N)C2(CCN(c3cnc(Sc4ccnc(Cl)c4Cl)c(N)n3)CC2)C1. The molecule has 10 aliphatic rings. The fourth-order valence-corrected chi connectivity index (χ4v) is 29.5. The molecule has 45 heteroatoms. The molecule has 20 rings (SSSR count). The van der Waals surface area contributed by atoms with Crippen molar-refractivity contribution in [1.29, 1.82) is 0 Å². The van der Waals surface area contributed by atoms with Crippen molar-refractivity contribution < 1.29 is 39.5 Å². The summed E-state index contributed by atoms with van der Waals surface area (Å²) in [5.41, 5.74) is 42.6. The Labute approximate surface area is 887 Å². The molecule has 146 heavy (non-hydrogen) atoms. The molecule has 5 spiro atoms. The van der Waals surface area contributed by atoms with E-state index in [0.717, 1.165) is 265 Å². The number of hydrogen-bond donors (Lipinski definition) is 7. The van der Waals surface area contributed by atoms with Gasteiger partial charge in [-0.15, -0.1) is 0 Å². The lowest BCUT2D eigenvalue weighted by Gasteiger charge is -2.42. The number of pyridine rings is 5. The number of anilines is 10. The van der Waals surface area contributed by atoms with Crippen LogP contribution in [0.1, 0.15) is 201 Å². The number of nitrogens with zero attached hydrogens (tertiary/aromatic N) is 20. The minimum atomic E-state index is -4.54. The normalized spacial score (nSPS) is 23.9. The van der Waals surface area contributed by atoms with Crippen molar-refractivity contribution in [2.45, 2.75) is 264 Å². The number of aromatic nitrogens is 15. The maximum atomic E-state index is 13.2. The summed E-state index contributed by atoms with van der Waals surface area (Å²) in [6.45, 7) is 27.9. The number of halogens is 13. The Balaban J connectivity index is 0.000000131. The van der Waals surface area contributed by atoms with Crippen molar-refractivity contribution in [2.24, 2.45) is 85.9 Å². The van der Waals surface area contributed by atoms with Gasteiger partial charge >= 0.3 is 18.5 Å². The number of nitrogens with two attached hydrogens (primary N) is 7. The summed E-state index contributed by atoms with van der Waals surface area (Å²) in [6, 6.07) is 12.7. The monoisotopic (exact) mass is 2190 g/mol. The zero-order chi connectivity index (χ0) is 104. The van der Waals surface area contributed by atoms with Gasteiger partial charge in [0.1, 0.15) is 64.5 Å². The maximum Gasteiger partial charge on any atom is 0.434 e. The molecule has 5 aliphatic heterocycles. The number of alkyl halides is 9. The molecule has 10 fully saturated rings. The molecule has 15 heterocycles. The van der Waals surface area contributed by atoms with E-state index in [1.807, 2.05) is 0 Å². The molecule has 1 unspecified atom stereocenters. The first-order valence-electron chi connectivity index (χ1n) is 49.7. The minimum Gasteiger partial charge on any atom is -0.381 e. The highest BCUT2D eigenvalue weighted by Gasteiger charge is 2.52. The second kappa shape index (κ2) is 45.9. The minimum absolute atomic E-state index is 0.0389. The first-order valence-corrected chi connectivity index (χ1v) is 55.3. The average molecular weight is 2190 g/mol. The Morgan fingerprint density at radius 3 is 0.699 bits per heavy atom. The number of nitrogen functional groups attached to an aromatic ring is 5. The van der Waals surface area contributed by atoms with E-state index in [2.05, 4.69) is 155 Å². The predicted molar refractivity (Wildman–Crippen MR) is 564 cm³/mol. The maximum absolute atomic E-state index is 13.2. The van der Waals surface area contributed by atoms with Crippen LogP contribution >= 0.6 is 105 Å². The van der Waals surface area contributed by atoms with Gasteiger partial charge in [0.2, 0.25) is 0 Å². The van der Waals surface area contributed by atoms with Crippen LogP contribution in [0.25, 0.3) is 0 Å². The molecule has 10 aromatic rings. The number of hydrogen-bond acceptors (Lipinski definition) is 32. The third-order valence-corrected chi connectivity index (χ3v) is 39.1. The molecule has 5 saturated carbocycles. The highest BCUT2D eigenvalue weighted by atomic mass is 35.5. The Kier molecular flexibility index (Phi) is 34.6. The fraction of sp³-hybridized carbons (Fsp3) is 0.554. The Morgan fingerprint density at radius 2 is 0.500 bits per heavy atom. The summed E-state index contributed by atoms with van der Waals surface area (Å²) in [4.78, 5) is 75.3. The fourth-order valence-electron chi connectivity index (χ4n) is 24.5. The van der Waals surface area contributed by atoms with E-state index in [1.54, 1.807) is 55.5 Å². The number of piperidine rings is 5. The van der Waals surface area contributed by atoms with Gasteiger partial charge in [0, 0.05) is 133 Å². The van der Waals surface area contributed by atoms with Gasteiger partial charge in [0.15, 0.2) is 46.2 Å². The van der Waals surface area contributed by atoms with Crippen LogP contribution in [0.3, 0.4) is 0 Å². The Morgan fingerprint density at radius 1 is 0.288 bits per heavy atom. The van der Waals surface area contributed by atoms with Crippen molar-refractivity contribution in [3.63, 3.8) is 0 Å². The van der Waals surface area contributed by atoms with Crippen LogP contribution in [0.4, 0.5) is 97.7 Å². The largest absolute Gasteiger partial charge is 0.434 e. The predicted octanol–water partition coefficient (Wildman–Crippen LogP) is 24.3. The summed E-state index contributed by atoms with van der Waals surface area (Å²) in [6.07, 6.45) is 25.0. The van der Waals surface area contributed by atoms with Gasteiger partial charge in [0.05, 0.1) is 41.0 Å². The van der Waals surface area contributed by atoms with E-state index in [9.17, 15) is 39.5 Å². The molecule has 14 N–H and O–H groups in total. The van der Waals surface area contributed by atoms with E-state index in [-0.39, 0.29) is 57.5 Å². The van der Waals surface area contributed by atoms with Crippen molar-refractivity contribution in [2.75, 3.05) is 119 Å². The lowest BCUT2D eigenvalue weighted by Crippen LogP contribution is -2.47. The molecule has 786 valence electrons. The van der Waals surface area contributed by atoms with Gasteiger partial charge in [0.25, 0.3) is 0 Å². The van der Waals surface area contributed by atoms with E-state index in [4.69, 9.17) is 86.5 Å². The zero-order valence-electron chi connectivity index (χ0n) is 82.8. The van der Waals surface area contributed by atoms with E-state index in [1.165, 1.54) is 111 Å². The third-order valence-electron chi connectivity index (χ3n) is 32.0. The average Bonchev–Trinajstić information content (AvgIpc) is 1.64. The van der Waals surface area contributed by atoms with Gasteiger partial charge < -0.3 is 64.6 Å². The van der Waals surface area contributed by atoms with Crippen LogP contribution in [-0.4, -0.2) is 152 Å². The van der Waals surface area contributed by atoms with Crippen LogP contribution in [0.2, 0.25) is 20.4 Å². The second-order valence-electron chi connectivity index (χ2n) is 41.9. The quantitative estimate of drug-likeness (QED) is 0.0370. The summed E-state index contributed by atoms with van der Waals surface area (Å²) >= 11 is 29.6. The standard InChI is InChI=1S/3C21H26F3N5S.2C19H24Cl2N6S/c3*1-13-10-14(2)20(11-13)5-8-29(9-6-20)16-12-27-19(18(25)28-16)30-15-4-3-7-26-17(15)21(22,23)24;2*1-11-8-13(22)19(9-11)3-6-27(7-4-19)14-10-25-18(17(23)26-14)28-12-2-5-24-16(21)15(12)20/h3*3-4,7,12-14H,5-6,8-11H2,1-2H3,(H2,25,28);2*2,5,10-11,13H,3-4,6-9,22H2,1H3,(H2,23,26)/t13?,14-;13-,14+;13-,14-;11-,13+;11-,13-/m10101/s1. The van der Waals surface area contributed by atoms with Crippen molar-refractivity contribution in [1.82, 2.24) is 74.8 Å². The lowest BCUT2D eigenvalue weighted by atomic mass is 9.71. The lowest BCUT2D eigenvalue weighted by molar-refractivity contribution is -0.144. The van der Waals surface area contributed by atoms with Gasteiger partial charge in [-0.2, -0.15) is 39.5 Å². The molecule has 0 radical (unpaired) electrons. The topological polar surface area (TPSA) is 392 Å². The molecule has 27 nitrogen and oxygen atoms in total. The molecular weight excluding hydrogens is 2060 g/mol. The van der Waals surface area contributed by atoms with Gasteiger partial charge in [-0.05, 0) is 251 Å². The third kappa shape index (κ3) is 25.4. The van der Waals surface area contributed by atoms with E-state index >= 15 is 0 Å². The van der Waals surface area contributed by atoms with Crippen LogP contribution in [0.15, 0.2) is 160 Å². The smallest absolute Gasteiger partial charge is 0.381 e. The Bertz CT molecular complexity index is 5690. The molecule has 0 bridgehead atoms. The summed E-state index contributed by atoms with van der Waals surface area (Å²) < 4.78 is 119. The van der Waals surface area contributed by atoms with E-state index < -0.39 is 35.6 Å². The van der Waals surface area contributed by atoms with Crippen molar-refractivity contribution >= 4 is 163 Å². The molecule has 5 aliphatic carbocycles. The molecule has 5 saturated heterocycles. The first kappa shape index (κ1) is 110. The molecule has 0 aromatic carbocycles. The summed E-state index contributed by atoms with van der Waals surface area (Å²) in [7, 11) is 0. The molecular formula is C101H126Cl4F9N27S5. The summed E-state index contributed by atoms with van der Waals surface area (Å²) in [5.74, 6) is 10.9. The van der Waals surface area contributed by atoms with Gasteiger partial charge in [-0.25, -0.2) is 59.8 Å². The van der Waals surface area contributed by atoms with Crippen LogP contribution in [0.5, 0.6) is 0 Å². The first-order chi connectivity index (χ1) is 69.3. The van der Waals surface area contributed by atoms with Crippen LogP contribution in [0, 0.1) is 74.4 Å².